The number of aliphatic hydroxyl groups excluding tert-OH is 1. The Hall–Kier alpha value is -1.14. The van der Waals surface area contributed by atoms with Crippen molar-refractivity contribution in [1.29, 1.82) is 0 Å². The molecule has 0 aliphatic carbocycles. The van der Waals surface area contributed by atoms with Crippen molar-refractivity contribution in [1.82, 2.24) is 4.90 Å². The fraction of sp³-hybridized carbons (Fsp3) is 0.957. The van der Waals surface area contributed by atoms with E-state index in [1.807, 2.05) is 13.8 Å². The van der Waals surface area contributed by atoms with Gasteiger partial charge in [-0.3, -0.25) is 9.59 Å². The predicted molar refractivity (Wildman–Crippen MR) is 227 cm³/mol. The number of ether oxygens (including phenoxy) is 2. The van der Waals surface area contributed by atoms with Crippen molar-refractivity contribution in [3.63, 3.8) is 0 Å². The van der Waals surface area contributed by atoms with Crippen molar-refractivity contribution in [2.24, 2.45) is 16.7 Å². The summed E-state index contributed by atoms with van der Waals surface area (Å²) in [5.74, 6) is 0.619. The van der Waals surface area contributed by atoms with E-state index in [9.17, 15) is 14.7 Å². The average Bonchev–Trinajstić information content (AvgIpc) is 3.13. The lowest BCUT2D eigenvalue weighted by Crippen LogP contribution is -2.28. The standard InChI is InChI=1S/C47H93NO5/c1-8-11-14-17-18-21-29-41-52-45(51)47(6,7)36-26-19-20-27-37-48(39-30-40-49)38-28-22-25-35-46(4,5)42-53-44(50)34-33-43(31-23-15-12-9-2)32-24-16-13-10-3/h43,49H,8-42H2,1-7H3. The first-order valence-electron chi connectivity index (χ1n) is 23.2. The quantitative estimate of drug-likeness (QED) is 0.0496. The minimum Gasteiger partial charge on any atom is -0.465 e. The van der Waals surface area contributed by atoms with E-state index in [-0.39, 0.29) is 24.0 Å². The van der Waals surface area contributed by atoms with Gasteiger partial charge in [-0.05, 0) is 83.2 Å². The molecule has 53 heavy (non-hydrogen) atoms. The number of aliphatic hydroxyl groups is 1. The highest BCUT2D eigenvalue weighted by Gasteiger charge is 2.28. The molecule has 0 radical (unpaired) electrons. The fourth-order valence-electron chi connectivity index (χ4n) is 7.42. The van der Waals surface area contributed by atoms with Gasteiger partial charge in [-0.2, -0.15) is 0 Å². The van der Waals surface area contributed by atoms with E-state index in [1.54, 1.807) is 0 Å². The first kappa shape index (κ1) is 51.9. The van der Waals surface area contributed by atoms with E-state index in [1.165, 1.54) is 109 Å². The van der Waals surface area contributed by atoms with Gasteiger partial charge in [-0.25, -0.2) is 0 Å². The molecule has 0 aliphatic heterocycles. The maximum Gasteiger partial charge on any atom is 0.311 e. The van der Waals surface area contributed by atoms with Crippen molar-refractivity contribution in [3.8, 4) is 0 Å². The highest BCUT2D eigenvalue weighted by molar-refractivity contribution is 5.75. The van der Waals surface area contributed by atoms with Crippen molar-refractivity contribution in [2.75, 3.05) is 39.5 Å². The molecule has 0 unspecified atom stereocenters. The molecule has 0 aromatic rings. The molecule has 6 heteroatoms. The molecule has 0 spiro atoms. The number of rotatable bonds is 40. The third kappa shape index (κ3) is 32.8. The van der Waals surface area contributed by atoms with E-state index >= 15 is 0 Å². The van der Waals surface area contributed by atoms with Crippen molar-refractivity contribution < 1.29 is 24.2 Å². The van der Waals surface area contributed by atoms with Crippen LogP contribution in [0, 0.1) is 16.7 Å². The van der Waals surface area contributed by atoms with Crippen molar-refractivity contribution in [2.45, 2.75) is 235 Å². The van der Waals surface area contributed by atoms with Gasteiger partial charge in [0.15, 0.2) is 0 Å². The summed E-state index contributed by atoms with van der Waals surface area (Å²) in [6.07, 6.45) is 33.9. The molecule has 0 heterocycles. The number of hydrogen-bond acceptors (Lipinski definition) is 6. The third-order valence-corrected chi connectivity index (χ3v) is 11.3. The van der Waals surface area contributed by atoms with Crippen molar-refractivity contribution >= 4 is 11.9 Å². The van der Waals surface area contributed by atoms with E-state index in [0.717, 1.165) is 90.3 Å². The van der Waals surface area contributed by atoms with Gasteiger partial charge >= 0.3 is 11.9 Å². The average molecular weight is 752 g/mol. The highest BCUT2D eigenvalue weighted by Crippen LogP contribution is 2.28. The summed E-state index contributed by atoms with van der Waals surface area (Å²) >= 11 is 0. The lowest BCUT2D eigenvalue weighted by Gasteiger charge is -2.25. The zero-order valence-electron chi connectivity index (χ0n) is 36.9. The molecule has 0 aliphatic rings. The van der Waals surface area contributed by atoms with Gasteiger partial charge in [0.1, 0.15) is 0 Å². The van der Waals surface area contributed by atoms with Crippen LogP contribution < -0.4 is 0 Å². The van der Waals surface area contributed by atoms with E-state index in [4.69, 9.17) is 9.47 Å². The van der Waals surface area contributed by atoms with Gasteiger partial charge in [0.25, 0.3) is 0 Å². The van der Waals surface area contributed by atoms with Crippen LogP contribution in [0.15, 0.2) is 0 Å². The SMILES string of the molecule is CCCCCCCCCOC(=O)C(C)(C)CCCCCCN(CCCO)CCCCCC(C)(C)COC(=O)CCC(CCCCCC)CCCCCC. The number of esters is 2. The van der Waals surface area contributed by atoms with Crippen LogP contribution in [0.3, 0.4) is 0 Å². The normalized spacial score (nSPS) is 12.3. The molecular weight excluding hydrogens is 659 g/mol. The second kappa shape index (κ2) is 35.3. The topological polar surface area (TPSA) is 76.1 Å². The molecule has 0 saturated carbocycles. The summed E-state index contributed by atoms with van der Waals surface area (Å²) in [6.45, 7) is 19.7. The fourth-order valence-corrected chi connectivity index (χ4v) is 7.42. The Morgan fingerprint density at radius 2 is 1.02 bits per heavy atom. The second-order valence-electron chi connectivity index (χ2n) is 18.0. The molecule has 0 rings (SSSR count). The summed E-state index contributed by atoms with van der Waals surface area (Å²) in [5, 5.41) is 9.45. The summed E-state index contributed by atoms with van der Waals surface area (Å²) in [5.41, 5.74) is -0.403. The Balaban J connectivity index is 4.26. The predicted octanol–water partition coefficient (Wildman–Crippen LogP) is 13.4. The Labute approximate surface area is 331 Å². The van der Waals surface area contributed by atoms with Gasteiger partial charge in [-0.15, -0.1) is 0 Å². The Kier molecular flexibility index (Phi) is 34.5. The largest absolute Gasteiger partial charge is 0.465 e. The summed E-state index contributed by atoms with van der Waals surface area (Å²) < 4.78 is 11.5. The number of carbonyl (C=O) groups is 2. The Morgan fingerprint density at radius 1 is 0.547 bits per heavy atom. The Morgan fingerprint density at radius 3 is 1.60 bits per heavy atom. The zero-order chi connectivity index (χ0) is 39.5. The molecular formula is C47H93NO5. The summed E-state index contributed by atoms with van der Waals surface area (Å²) in [7, 11) is 0. The molecule has 0 bridgehead atoms. The summed E-state index contributed by atoms with van der Waals surface area (Å²) in [6, 6.07) is 0. The van der Waals surface area contributed by atoms with Crippen LogP contribution in [0.1, 0.15) is 235 Å². The molecule has 0 aromatic carbocycles. The van der Waals surface area contributed by atoms with Crippen LogP contribution in [0.4, 0.5) is 0 Å². The van der Waals surface area contributed by atoms with E-state index < -0.39 is 5.41 Å². The van der Waals surface area contributed by atoms with E-state index in [2.05, 4.69) is 39.5 Å². The van der Waals surface area contributed by atoms with Gasteiger partial charge in [0.2, 0.25) is 0 Å². The first-order valence-corrected chi connectivity index (χ1v) is 23.2. The molecule has 0 saturated heterocycles. The molecule has 0 aromatic heterocycles. The number of nitrogens with zero attached hydrogens (tertiary/aromatic N) is 1. The molecule has 1 N–H and O–H groups in total. The van der Waals surface area contributed by atoms with Gasteiger partial charge < -0.3 is 19.5 Å². The molecule has 6 nitrogen and oxygen atoms in total. The number of hydrogen-bond donors (Lipinski definition) is 1. The summed E-state index contributed by atoms with van der Waals surface area (Å²) in [4.78, 5) is 27.9. The maximum absolute atomic E-state index is 12.7. The third-order valence-electron chi connectivity index (χ3n) is 11.3. The minimum absolute atomic E-state index is 0.00476. The van der Waals surface area contributed by atoms with Crippen LogP contribution in [-0.2, 0) is 19.1 Å². The van der Waals surface area contributed by atoms with E-state index in [0.29, 0.717) is 25.6 Å². The monoisotopic (exact) mass is 752 g/mol. The lowest BCUT2D eigenvalue weighted by molar-refractivity contribution is -0.154. The first-order chi connectivity index (χ1) is 25.5. The van der Waals surface area contributed by atoms with Crippen LogP contribution >= 0.6 is 0 Å². The lowest BCUT2D eigenvalue weighted by atomic mass is 9.87. The maximum atomic E-state index is 12.7. The van der Waals surface area contributed by atoms with Gasteiger partial charge in [0.05, 0.1) is 18.6 Å². The van der Waals surface area contributed by atoms with Gasteiger partial charge in [-0.1, -0.05) is 169 Å². The number of unbranched alkanes of at least 4 members (excludes halogenated alkanes) is 17. The zero-order valence-corrected chi connectivity index (χ0v) is 36.9. The minimum atomic E-state index is -0.408. The van der Waals surface area contributed by atoms with Crippen LogP contribution in [0.2, 0.25) is 0 Å². The molecule has 0 amide bonds. The molecule has 0 fully saturated rings. The number of carbonyl (C=O) groups excluding carboxylic acids is 2. The smallest absolute Gasteiger partial charge is 0.311 e. The molecule has 0 atom stereocenters. The van der Waals surface area contributed by atoms with Crippen LogP contribution in [0.5, 0.6) is 0 Å². The van der Waals surface area contributed by atoms with Crippen LogP contribution in [0.25, 0.3) is 0 Å². The van der Waals surface area contributed by atoms with Gasteiger partial charge in [0, 0.05) is 19.6 Å². The Bertz CT molecular complexity index is 816. The molecule has 316 valence electrons. The second-order valence-corrected chi connectivity index (χ2v) is 18.0. The van der Waals surface area contributed by atoms with Crippen molar-refractivity contribution in [3.05, 3.63) is 0 Å². The van der Waals surface area contributed by atoms with Crippen LogP contribution in [-0.4, -0.2) is 61.4 Å². The highest BCUT2D eigenvalue weighted by atomic mass is 16.5.